The molecule has 0 aliphatic rings. The van der Waals surface area contributed by atoms with Crippen molar-refractivity contribution in [2.75, 3.05) is 6.61 Å². The van der Waals surface area contributed by atoms with Crippen molar-refractivity contribution < 1.29 is 18.4 Å². The molecular weight excluding hydrogens is 248 g/mol. The normalized spacial score (nSPS) is 11.7. The number of hydrogen-bond donors (Lipinski definition) is 1. The van der Waals surface area contributed by atoms with Gasteiger partial charge < -0.3 is 10.5 Å². The molecular formula is C10H9F2N3O3. The van der Waals surface area contributed by atoms with Crippen molar-refractivity contribution in [3.8, 4) is 11.8 Å². The van der Waals surface area contributed by atoms with Crippen LogP contribution in [-0.4, -0.2) is 17.6 Å². The van der Waals surface area contributed by atoms with Crippen LogP contribution in [0.5, 0.6) is 5.75 Å². The van der Waals surface area contributed by atoms with Crippen molar-refractivity contribution in [1.29, 1.82) is 5.26 Å². The Hall–Kier alpha value is -2.27. The van der Waals surface area contributed by atoms with Crippen LogP contribution in [0.1, 0.15) is 6.42 Å². The second-order valence-corrected chi connectivity index (χ2v) is 3.36. The first kappa shape index (κ1) is 13.8. The zero-order valence-corrected chi connectivity index (χ0v) is 9.10. The number of nitrogens with two attached hydrogens (primary N) is 1. The fourth-order valence-electron chi connectivity index (χ4n) is 1.13. The van der Waals surface area contributed by atoms with Gasteiger partial charge in [-0.3, -0.25) is 10.1 Å². The van der Waals surface area contributed by atoms with Gasteiger partial charge in [-0.25, -0.2) is 4.39 Å². The van der Waals surface area contributed by atoms with Crippen LogP contribution in [-0.2, 0) is 0 Å². The summed E-state index contributed by atoms with van der Waals surface area (Å²) in [5.41, 5.74) is 4.31. The van der Waals surface area contributed by atoms with E-state index >= 15 is 0 Å². The monoisotopic (exact) mass is 257 g/mol. The maximum Gasteiger partial charge on any atom is 0.307 e. The minimum atomic E-state index is -1.19. The molecule has 6 nitrogen and oxygen atoms in total. The molecule has 0 aromatic heterocycles. The number of benzene rings is 1. The molecule has 0 fully saturated rings. The Bertz CT molecular complexity index is 502. The molecule has 0 aliphatic carbocycles. The zero-order chi connectivity index (χ0) is 13.7. The lowest BCUT2D eigenvalue weighted by Gasteiger charge is -2.08. The molecule has 1 aromatic carbocycles. The van der Waals surface area contributed by atoms with E-state index < -0.39 is 34.0 Å². The molecule has 1 rings (SSSR count). The Labute approximate surface area is 101 Å². The summed E-state index contributed by atoms with van der Waals surface area (Å²) in [6, 6.07) is 2.00. The van der Waals surface area contributed by atoms with Gasteiger partial charge in [0.15, 0.2) is 11.6 Å². The third-order valence-electron chi connectivity index (χ3n) is 2.05. The molecule has 0 saturated carbocycles. The van der Waals surface area contributed by atoms with E-state index in [1.54, 1.807) is 6.07 Å². The van der Waals surface area contributed by atoms with Crippen LogP contribution in [0.25, 0.3) is 0 Å². The highest BCUT2D eigenvalue weighted by molar-refractivity contribution is 5.39. The van der Waals surface area contributed by atoms with Crippen molar-refractivity contribution in [2.45, 2.75) is 12.5 Å². The van der Waals surface area contributed by atoms with E-state index in [1.807, 2.05) is 0 Å². The summed E-state index contributed by atoms with van der Waals surface area (Å²) in [6.07, 6.45) is 0.133. The molecule has 1 atom stereocenters. The first-order valence-corrected chi connectivity index (χ1v) is 4.87. The van der Waals surface area contributed by atoms with Gasteiger partial charge in [0.1, 0.15) is 0 Å². The number of halogens is 2. The Balaban J connectivity index is 2.77. The van der Waals surface area contributed by atoms with Crippen molar-refractivity contribution in [1.82, 2.24) is 0 Å². The van der Waals surface area contributed by atoms with E-state index in [0.29, 0.717) is 12.1 Å². The number of nitrogens with zero attached hydrogens (tertiary/aromatic N) is 2. The van der Waals surface area contributed by atoms with Gasteiger partial charge in [-0.1, -0.05) is 0 Å². The highest BCUT2D eigenvalue weighted by Crippen LogP contribution is 2.26. The van der Waals surface area contributed by atoms with Crippen LogP contribution in [0.4, 0.5) is 14.5 Å². The largest absolute Gasteiger partial charge is 0.490 e. The summed E-state index contributed by atoms with van der Waals surface area (Å²) in [5.74, 6) is -2.70. The van der Waals surface area contributed by atoms with E-state index in [-0.39, 0.29) is 13.0 Å². The highest BCUT2D eigenvalue weighted by Gasteiger charge is 2.19. The molecule has 1 unspecified atom stereocenters. The predicted molar refractivity (Wildman–Crippen MR) is 56.7 cm³/mol. The Morgan fingerprint density at radius 1 is 1.50 bits per heavy atom. The molecule has 0 radical (unpaired) electrons. The fourth-order valence-corrected chi connectivity index (χ4v) is 1.13. The van der Waals surface area contributed by atoms with Crippen LogP contribution in [0.2, 0.25) is 0 Å². The van der Waals surface area contributed by atoms with Crippen LogP contribution in [0.15, 0.2) is 12.1 Å². The minimum absolute atomic E-state index is 0.0943. The predicted octanol–water partition coefficient (Wildman–Crippen LogP) is 1.49. The average Bonchev–Trinajstić information content (AvgIpc) is 2.32. The van der Waals surface area contributed by atoms with Crippen molar-refractivity contribution in [3.63, 3.8) is 0 Å². The maximum atomic E-state index is 13.3. The average molecular weight is 257 g/mol. The van der Waals surface area contributed by atoms with E-state index in [1.165, 1.54) is 0 Å². The Kier molecular flexibility index (Phi) is 4.51. The SMILES string of the molecule is N#CC(N)CCOc1cc(F)c([N+](=O)[O-])cc1F. The number of rotatable bonds is 5. The second-order valence-electron chi connectivity index (χ2n) is 3.36. The molecule has 0 amide bonds. The molecule has 0 bridgehead atoms. The summed E-state index contributed by atoms with van der Waals surface area (Å²) < 4.78 is 31.3. The number of nitro groups is 1. The van der Waals surface area contributed by atoms with E-state index in [0.717, 1.165) is 0 Å². The standard InChI is InChI=1S/C10H9F2N3O3/c11-7-4-10(18-2-1-6(14)5-13)8(12)3-9(7)15(16)17/h3-4,6H,1-2,14H2. The third kappa shape index (κ3) is 3.36. The Morgan fingerprint density at radius 3 is 2.72 bits per heavy atom. The molecule has 0 saturated heterocycles. The van der Waals surface area contributed by atoms with Crippen LogP contribution in [0, 0.1) is 33.1 Å². The second kappa shape index (κ2) is 5.88. The van der Waals surface area contributed by atoms with Crippen LogP contribution >= 0.6 is 0 Å². The fraction of sp³-hybridized carbons (Fsp3) is 0.300. The molecule has 1 aromatic rings. The number of nitriles is 1. The van der Waals surface area contributed by atoms with Gasteiger partial charge in [0.25, 0.3) is 0 Å². The third-order valence-corrected chi connectivity index (χ3v) is 2.05. The lowest BCUT2D eigenvalue weighted by atomic mass is 10.2. The number of nitro benzene ring substituents is 1. The summed E-state index contributed by atoms with van der Waals surface area (Å²) in [4.78, 5) is 9.30. The smallest absolute Gasteiger partial charge is 0.307 e. The zero-order valence-electron chi connectivity index (χ0n) is 9.10. The lowest BCUT2D eigenvalue weighted by molar-refractivity contribution is -0.387. The van der Waals surface area contributed by atoms with Crippen molar-refractivity contribution in [3.05, 3.63) is 33.9 Å². The summed E-state index contributed by atoms with van der Waals surface area (Å²) in [5, 5.41) is 18.7. The van der Waals surface area contributed by atoms with E-state index in [4.69, 9.17) is 15.7 Å². The highest BCUT2D eigenvalue weighted by atomic mass is 19.1. The molecule has 0 heterocycles. The molecule has 8 heteroatoms. The van der Waals surface area contributed by atoms with Gasteiger partial charge in [0, 0.05) is 12.5 Å². The van der Waals surface area contributed by atoms with Gasteiger partial charge in [-0.2, -0.15) is 9.65 Å². The minimum Gasteiger partial charge on any atom is -0.490 e. The molecule has 0 spiro atoms. The number of ether oxygens (including phenoxy) is 1. The summed E-state index contributed by atoms with van der Waals surface area (Å²) in [7, 11) is 0. The summed E-state index contributed by atoms with van der Waals surface area (Å²) >= 11 is 0. The molecule has 96 valence electrons. The van der Waals surface area contributed by atoms with Crippen LogP contribution < -0.4 is 10.5 Å². The van der Waals surface area contributed by atoms with Gasteiger partial charge in [-0.15, -0.1) is 0 Å². The first-order chi connectivity index (χ1) is 8.45. The first-order valence-electron chi connectivity index (χ1n) is 4.87. The van der Waals surface area contributed by atoms with Gasteiger partial charge in [0.05, 0.1) is 29.7 Å². The van der Waals surface area contributed by atoms with Crippen LogP contribution in [0.3, 0.4) is 0 Å². The van der Waals surface area contributed by atoms with Gasteiger partial charge in [0.2, 0.25) is 5.82 Å². The lowest BCUT2D eigenvalue weighted by Crippen LogP contribution is -2.20. The molecule has 0 aliphatic heterocycles. The van der Waals surface area contributed by atoms with Gasteiger partial charge >= 0.3 is 5.69 Å². The summed E-state index contributed by atoms with van der Waals surface area (Å²) in [6.45, 7) is -0.0943. The molecule has 18 heavy (non-hydrogen) atoms. The maximum absolute atomic E-state index is 13.3. The topological polar surface area (TPSA) is 102 Å². The van der Waals surface area contributed by atoms with E-state index in [9.17, 15) is 18.9 Å². The van der Waals surface area contributed by atoms with Gasteiger partial charge in [-0.05, 0) is 0 Å². The Morgan fingerprint density at radius 2 is 2.17 bits per heavy atom. The number of hydrogen-bond acceptors (Lipinski definition) is 5. The van der Waals surface area contributed by atoms with Crippen molar-refractivity contribution in [2.24, 2.45) is 5.73 Å². The van der Waals surface area contributed by atoms with E-state index in [2.05, 4.69) is 0 Å². The van der Waals surface area contributed by atoms with Crippen molar-refractivity contribution >= 4 is 5.69 Å². The molecule has 2 N–H and O–H groups in total. The quantitative estimate of drug-likeness (QED) is 0.635.